The Morgan fingerprint density at radius 2 is 1.12 bits per heavy atom. The molecule has 1 aliphatic carbocycles. The first-order valence-corrected chi connectivity index (χ1v) is 16.5. The number of hydrogen-bond acceptors (Lipinski definition) is 1. The average molecular weight is 650 g/mol. The molecule has 1 heterocycles. The zero-order valence-electron chi connectivity index (χ0n) is 37.7. The van der Waals surface area contributed by atoms with Gasteiger partial charge in [-0.15, -0.1) is 0 Å². The van der Waals surface area contributed by atoms with Gasteiger partial charge >= 0.3 is 0 Å². The Morgan fingerprint density at radius 3 is 1.82 bits per heavy atom. The van der Waals surface area contributed by atoms with Gasteiger partial charge in [0.1, 0.15) is 5.82 Å². The second-order valence-electron chi connectivity index (χ2n) is 12.7. The molecule has 2 heteroatoms. The molecule has 0 aliphatic heterocycles. The molecule has 8 aromatic carbocycles. The second-order valence-corrected chi connectivity index (χ2v) is 12.7. The number of aromatic nitrogens is 2. The molecule has 2 nitrogen and oxygen atoms in total. The third kappa shape index (κ3) is 4.18. The summed E-state index contributed by atoms with van der Waals surface area (Å²) in [6, 6.07) is 41.8. The standard InChI is InChI=1S/C48H34N2/c1-48(2)41-21-11-10-16-35(41)36-29-26-33(30-42(36)48)46-39-19-8-6-17-37(39)45(38-18-7-9-20-40(38)46)31-24-27-34(28-25-31)50-44-23-13-12-22-43(44)49-47(50)32-14-4-3-5-15-32/h3-30H,1-2H3/i1D3,2D3,3D,4D,5D,14D,15D. The molecule has 9 aromatic rings. The smallest absolute Gasteiger partial charge is 0.145 e. The maximum absolute atomic E-state index is 8.78. The maximum atomic E-state index is 8.78. The maximum Gasteiger partial charge on any atom is 0.145 e. The molecule has 0 spiro atoms. The molecule has 0 bridgehead atoms. The summed E-state index contributed by atoms with van der Waals surface area (Å²) in [4.78, 5) is 4.80. The molecule has 0 saturated heterocycles. The van der Waals surface area contributed by atoms with Crippen LogP contribution < -0.4 is 0 Å². The highest BCUT2D eigenvalue weighted by atomic mass is 15.1. The average Bonchev–Trinajstić information content (AvgIpc) is 3.78. The minimum absolute atomic E-state index is 0.00395. The van der Waals surface area contributed by atoms with Gasteiger partial charge in [-0.25, -0.2) is 4.98 Å². The first-order chi connectivity index (χ1) is 29.1. The van der Waals surface area contributed by atoms with Crippen LogP contribution in [0.5, 0.6) is 0 Å². The second kappa shape index (κ2) is 10.9. The SMILES string of the molecule is [2H]c1c([2H])c([2H])c(-c2nc3ccccc3n2-c2ccc(-c3c4ccccc4c(-c4ccc5c(c4)C(C([2H])([2H])[2H])(C([2H])([2H])[2H])c4ccccc4-5)c4ccccc34)cc2)c([2H])c1[2H]. The Labute approximate surface area is 307 Å². The first kappa shape index (κ1) is 19.7. The van der Waals surface area contributed by atoms with Crippen molar-refractivity contribution in [3.05, 3.63) is 181 Å². The van der Waals surface area contributed by atoms with Crippen molar-refractivity contribution >= 4 is 32.6 Å². The number of benzene rings is 8. The number of fused-ring (bicyclic) bond motifs is 6. The van der Waals surface area contributed by atoms with Crippen LogP contribution in [0.2, 0.25) is 0 Å². The van der Waals surface area contributed by atoms with E-state index in [0.717, 1.165) is 38.2 Å². The van der Waals surface area contributed by atoms with Crippen LogP contribution in [-0.2, 0) is 5.41 Å². The number of para-hydroxylation sites is 2. The van der Waals surface area contributed by atoms with Crippen molar-refractivity contribution in [1.29, 1.82) is 0 Å². The zero-order valence-corrected chi connectivity index (χ0v) is 26.7. The predicted molar refractivity (Wildman–Crippen MR) is 210 cm³/mol. The minimum atomic E-state index is -2.89. The lowest BCUT2D eigenvalue weighted by molar-refractivity contribution is 0.660. The van der Waals surface area contributed by atoms with Gasteiger partial charge < -0.3 is 0 Å². The lowest BCUT2D eigenvalue weighted by atomic mass is 9.80. The topological polar surface area (TPSA) is 17.8 Å². The lowest BCUT2D eigenvalue weighted by Crippen LogP contribution is -2.14. The molecule has 0 saturated carbocycles. The molecule has 0 radical (unpaired) electrons. The molecule has 0 unspecified atom stereocenters. The monoisotopic (exact) mass is 649 g/mol. The summed E-state index contributed by atoms with van der Waals surface area (Å²) < 4.78 is 96.9. The summed E-state index contributed by atoms with van der Waals surface area (Å²) in [7, 11) is 0. The van der Waals surface area contributed by atoms with Crippen LogP contribution in [0.3, 0.4) is 0 Å². The third-order valence-electron chi connectivity index (χ3n) is 9.96. The van der Waals surface area contributed by atoms with E-state index < -0.39 is 37.2 Å². The Morgan fingerprint density at radius 1 is 0.540 bits per heavy atom. The van der Waals surface area contributed by atoms with E-state index in [0.29, 0.717) is 33.4 Å². The van der Waals surface area contributed by atoms with Crippen LogP contribution in [0.1, 0.15) is 39.9 Å². The number of hydrogen-bond donors (Lipinski definition) is 0. The van der Waals surface area contributed by atoms with Crippen molar-refractivity contribution in [3.63, 3.8) is 0 Å². The lowest BCUT2D eigenvalue weighted by Gasteiger charge is -2.23. The predicted octanol–water partition coefficient (Wildman–Crippen LogP) is 12.6. The molecule has 0 N–H and O–H groups in total. The highest BCUT2D eigenvalue weighted by molar-refractivity contribution is 6.21. The van der Waals surface area contributed by atoms with Crippen LogP contribution >= 0.6 is 0 Å². The fraction of sp³-hybridized carbons (Fsp3) is 0.0625. The van der Waals surface area contributed by atoms with E-state index in [1.807, 2.05) is 114 Å². The van der Waals surface area contributed by atoms with Gasteiger partial charge in [0, 0.05) is 24.9 Å². The van der Waals surface area contributed by atoms with E-state index >= 15 is 0 Å². The summed E-state index contributed by atoms with van der Waals surface area (Å²) in [5, 5.41) is 3.65. The summed E-state index contributed by atoms with van der Waals surface area (Å²) in [6.07, 6.45) is 0. The fourth-order valence-electron chi connectivity index (χ4n) is 7.78. The Kier molecular flexibility index (Phi) is 4.28. The summed E-state index contributed by atoms with van der Waals surface area (Å²) in [5.41, 5.74) is 4.88. The number of rotatable bonds is 4. The van der Waals surface area contributed by atoms with Gasteiger partial charge in [0.2, 0.25) is 0 Å². The van der Waals surface area contributed by atoms with Gasteiger partial charge in [-0.1, -0.05) is 153 Å². The van der Waals surface area contributed by atoms with Gasteiger partial charge in [0.25, 0.3) is 0 Å². The van der Waals surface area contributed by atoms with Crippen LogP contribution in [0, 0.1) is 0 Å². The fourth-order valence-corrected chi connectivity index (χ4v) is 7.78. The number of nitrogens with zero attached hydrogens (tertiary/aromatic N) is 2. The Hall–Kier alpha value is -6.25. The van der Waals surface area contributed by atoms with Crippen molar-refractivity contribution < 1.29 is 15.1 Å². The van der Waals surface area contributed by atoms with Crippen LogP contribution in [-0.4, -0.2) is 9.55 Å². The van der Waals surface area contributed by atoms with Crippen molar-refractivity contribution in [2.24, 2.45) is 0 Å². The Balaban J connectivity index is 1.18. The van der Waals surface area contributed by atoms with E-state index in [9.17, 15) is 0 Å². The molecule has 0 fully saturated rings. The van der Waals surface area contributed by atoms with E-state index in [1.54, 1.807) is 30.3 Å². The highest BCUT2D eigenvalue weighted by Gasteiger charge is 2.35. The largest absolute Gasteiger partial charge is 0.292 e. The van der Waals surface area contributed by atoms with E-state index in [1.165, 1.54) is 0 Å². The summed E-state index contributed by atoms with van der Waals surface area (Å²) in [6.45, 7) is -5.78. The van der Waals surface area contributed by atoms with Crippen LogP contribution in [0.15, 0.2) is 170 Å². The normalized spacial score (nSPS) is 16.8. The van der Waals surface area contributed by atoms with Crippen molar-refractivity contribution in [2.45, 2.75) is 19.1 Å². The minimum Gasteiger partial charge on any atom is -0.292 e. The highest BCUT2D eigenvalue weighted by Crippen LogP contribution is 2.51. The van der Waals surface area contributed by atoms with Gasteiger partial charge in [0.05, 0.1) is 17.9 Å². The molecule has 0 atom stereocenters. The van der Waals surface area contributed by atoms with Gasteiger partial charge in [0.15, 0.2) is 0 Å². The van der Waals surface area contributed by atoms with Crippen LogP contribution in [0.4, 0.5) is 0 Å². The van der Waals surface area contributed by atoms with E-state index in [4.69, 9.17) is 20.1 Å². The molecule has 1 aromatic heterocycles. The first-order valence-electron chi connectivity index (χ1n) is 22.0. The number of imidazole rings is 1. The molecule has 50 heavy (non-hydrogen) atoms. The molecule has 1 aliphatic rings. The van der Waals surface area contributed by atoms with Crippen molar-refractivity contribution in [2.75, 3.05) is 0 Å². The van der Waals surface area contributed by atoms with Crippen molar-refractivity contribution in [3.8, 4) is 50.5 Å². The van der Waals surface area contributed by atoms with Gasteiger partial charge in [-0.05, 0) is 96.4 Å². The third-order valence-corrected chi connectivity index (χ3v) is 9.96. The van der Waals surface area contributed by atoms with Crippen LogP contribution in [0.25, 0.3) is 83.0 Å². The quantitative estimate of drug-likeness (QED) is 0.174. The van der Waals surface area contributed by atoms with Crippen molar-refractivity contribution in [1.82, 2.24) is 9.55 Å². The molecule has 0 amide bonds. The molecule has 10 rings (SSSR count). The molecular weight excluding hydrogens is 605 g/mol. The van der Waals surface area contributed by atoms with Gasteiger partial charge in [-0.3, -0.25) is 4.57 Å². The zero-order chi connectivity index (χ0) is 42.7. The molecule has 236 valence electrons. The summed E-state index contributed by atoms with van der Waals surface area (Å²) in [5.74, 6) is 0.227. The molecular formula is C48H34N2. The Bertz CT molecular complexity index is 3190. The van der Waals surface area contributed by atoms with E-state index in [-0.39, 0.29) is 34.6 Å². The van der Waals surface area contributed by atoms with Gasteiger partial charge in [-0.2, -0.15) is 0 Å². The van der Waals surface area contributed by atoms with E-state index in [2.05, 4.69) is 0 Å². The summed E-state index contributed by atoms with van der Waals surface area (Å²) >= 11 is 0.